The highest BCUT2D eigenvalue weighted by Crippen LogP contribution is 2.32. The third-order valence-electron chi connectivity index (χ3n) is 3.16. The largest absolute Gasteiger partial charge is 0.477 e. The highest BCUT2D eigenvalue weighted by atomic mass is 79.9. The molecule has 1 fully saturated rings. The van der Waals surface area contributed by atoms with Gasteiger partial charge in [0.25, 0.3) is 0 Å². The van der Waals surface area contributed by atoms with E-state index in [0.717, 1.165) is 41.4 Å². The zero-order chi connectivity index (χ0) is 13.9. The number of aromatic nitrogens is 1. The summed E-state index contributed by atoms with van der Waals surface area (Å²) in [6.07, 6.45) is 5.70. The summed E-state index contributed by atoms with van der Waals surface area (Å²) in [5.41, 5.74) is 1.20. The Morgan fingerprint density at radius 2 is 2.16 bits per heavy atom. The van der Waals surface area contributed by atoms with E-state index < -0.39 is 0 Å². The van der Waals surface area contributed by atoms with Gasteiger partial charge in [0.1, 0.15) is 0 Å². The molecule has 1 aliphatic rings. The Bertz CT molecular complexity index is 425. The Morgan fingerprint density at radius 1 is 1.42 bits per heavy atom. The van der Waals surface area contributed by atoms with Gasteiger partial charge >= 0.3 is 0 Å². The van der Waals surface area contributed by atoms with Crippen LogP contribution in [0.4, 0.5) is 0 Å². The first-order chi connectivity index (χ1) is 8.94. The van der Waals surface area contributed by atoms with Gasteiger partial charge in [-0.2, -0.15) is 0 Å². The molecule has 1 saturated carbocycles. The molecule has 19 heavy (non-hydrogen) atoms. The molecule has 1 aromatic rings. The fraction of sp³-hybridized carbons (Fsp3) is 0.667. The summed E-state index contributed by atoms with van der Waals surface area (Å²) in [5.74, 6) is 1.66. The van der Waals surface area contributed by atoms with Crippen molar-refractivity contribution in [1.29, 1.82) is 0 Å². The van der Waals surface area contributed by atoms with Crippen LogP contribution in [0.2, 0.25) is 0 Å². The van der Waals surface area contributed by atoms with E-state index in [-0.39, 0.29) is 5.54 Å². The van der Waals surface area contributed by atoms with Gasteiger partial charge in [-0.05, 0) is 55.1 Å². The van der Waals surface area contributed by atoms with Gasteiger partial charge in [-0.25, -0.2) is 4.98 Å². The van der Waals surface area contributed by atoms with E-state index in [0.29, 0.717) is 0 Å². The maximum absolute atomic E-state index is 5.84. The molecule has 3 nitrogen and oxygen atoms in total. The second kappa shape index (κ2) is 6.23. The van der Waals surface area contributed by atoms with E-state index in [1.54, 1.807) is 6.20 Å². The summed E-state index contributed by atoms with van der Waals surface area (Å²) in [6.45, 7) is 8.03. The van der Waals surface area contributed by atoms with E-state index >= 15 is 0 Å². The quantitative estimate of drug-likeness (QED) is 0.860. The van der Waals surface area contributed by atoms with Crippen LogP contribution < -0.4 is 10.1 Å². The van der Waals surface area contributed by atoms with E-state index in [1.807, 2.05) is 0 Å². The van der Waals surface area contributed by atoms with Gasteiger partial charge in [-0.3, -0.25) is 0 Å². The molecule has 0 unspecified atom stereocenters. The Labute approximate surface area is 124 Å². The predicted molar refractivity (Wildman–Crippen MR) is 81.4 cm³/mol. The molecule has 106 valence electrons. The van der Waals surface area contributed by atoms with Crippen molar-refractivity contribution < 1.29 is 4.74 Å². The third kappa shape index (κ3) is 5.49. The van der Waals surface area contributed by atoms with Crippen LogP contribution in [0.15, 0.2) is 16.7 Å². The van der Waals surface area contributed by atoms with E-state index in [2.05, 4.69) is 53.1 Å². The monoisotopic (exact) mass is 326 g/mol. The Kier molecular flexibility index (Phi) is 4.85. The SMILES string of the molecule is CC(C)(C)NCc1cc(Br)cnc1OCCC1CC1. The molecule has 0 atom stereocenters. The summed E-state index contributed by atoms with van der Waals surface area (Å²) in [6, 6.07) is 2.08. The third-order valence-corrected chi connectivity index (χ3v) is 3.60. The molecule has 1 aliphatic carbocycles. The summed E-state index contributed by atoms with van der Waals surface area (Å²) < 4.78 is 6.83. The van der Waals surface area contributed by atoms with Gasteiger partial charge in [-0.1, -0.05) is 12.8 Å². The molecule has 0 radical (unpaired) electrons. The fourth-order valence-corrected chi connectivity index (χ4v) is 2.19. The first-order valence-corrected chi connectivity index (χ1v) is 7.75. The summed E-state index contributed by atoms with van der Waals surface area (Å²) in [7, 11) is 0. The minimum Gasteiger partial charge on any atom is -0.477 e. The Hall–Kier alpha value is -0.610. The van der Waals surface area contributed by atoms with Crippen molar-refractivity contribution >= 4 is 15.9 Å². The Morgan fingerprint density at radius 3 is 2.79 bits per heavy atom. The lowest BCUT2D eigenvalue weighted by molar-refractivity contribution is 0.285. The van der Waals surface area contributed by atoms with Crippen LogP contribution in [0.5, 0.6) is 5.88 Å². The minimum atomic E-state index is 0.0909. The first-order valence-electron chi connectivity index (χ1n) is 6.96. The van der Waals surface area contributed by atoms with Crippen LogP contribution in [0.25, 0.3) is 0 Å². The predicted octanol–water partition coefficient (Wildman–Crippen LogP) is 3.91. The van der Waals surface area contributed by atoms with Gasteiger partial charge < -0.3 is 10.1 Å². The lowest BCUT2D eigenvalue weighted by Gasteiger charge is -2.21. The smallest absolute Gasteiger partial charge is 0.217 e. The first kappa shape index (κ1) is 14.8. The van der Waals surface area contributed by atoms with Crippen molar-refractivity contribution in [3.63, 3.8) is 0 Å². The zero-order valence-corrected chi connectivity index (χ0v) is 13.6. The van der Waals surface area contributed by atoms with E-state index in [4.69, 9.17) is 4.74 Å². The number of rotatable bonds is 6. The van der Waals surface area contributed by atoms with Crippen LogP contribution in [0, 0.1) is 5.92 Å². The summed E-state index contributed by atoms with van der Waals surface area (Å²) in [4.78, 5) is 4.39. The standard InChI is InChI=1S/C15H23BrN2O/c1-15(2,3)18-9-12-8-13(16)10-17-14(12)19-7-6-11-4-5-11/h8,10-11,18H,4-7,9H2,1-3H3. The molecule has 0 saturated heterocycles. The fourth-order valence-electron chi connectivity index (χ4n) is 1.81. The molecule has 2 rings (SSSR count). The van der Waals surface area contributed by atoms with Gasteiger partial charge in [0.15, 0.2) is 0 Å². The van der Waals surface area contributed by atoms with Gasteiger partial charge in [0.2, 0.25) is 5.88 Å². The Balaban J connectivity index is 1.95. The van der Waals surface area contributed by atoms with E-state index in [1.165, 1.54) is 12.8 Å². The lowest BCUT2D eigenvalue weighted by Crippen LogP contribution is -2.35. The van der Waals surface area contributed by atoms with Crippen LogP contribution in [0.3, 0.4) is 0 Å². The minimum absolute atomic E-state index is 0.0909. The molecule has 0 amide bonds. The number of hydrogen-bond donors (Lipinski definition) is 1. The van der Waals surface area contributed by atoms with Gasteiger partial charge in [-0.15, -0.1) is 0 Å². The number of pyridine rings is 1. The number of ether oxygens (including phenoxy) is 1. The lowest BCUT2D eigenvalue weighted by atomic mass is 10.1. The van der Waals surface area contributed by atoms with Crippen molar-refractivity contribution in [2.24, 2.45) is 5.92 Å². The molecule has 1 N–H and O–H groups in total. The van der Waals surface area contributed by atoms with Crippen LogP contribution in [0.1, 0.15) is 45.6 Å². The molecule has 0 aliphatic heterocycles. The normalized spacial score (nSPS) is 15.6. The van der Waals surface area contributed by atoms with Crippen molar-refractivity contribution in [2.45, 2.75) is 52.1 Å². The molecule has 1 aromatic heterocycles. The maximum Gasteiger partial charge on any atom is 0.217 e. The van der Waals surface area contributed by atoms with Crippen LogP contribution in [-0.2, 0) is 6.54 Å². The van der Waals surface area contributed by atoms with Crippen molar-refractivity contribution in [3.8, 4) is 5.88 Å². The van der Waals surface area contributed by atoms with E-state index in [9.17, 15) is 0 Å². The van der Waals surface area contributed by atoms with Crippen LogP contribution >= 0.6 is 15.9 Å². The number of nitrogens with one attached hydrogen (secondary N) is 1. The van der Waals surface area contributed by atoms with Crippen LogP contribution in [-0.4, -0.2) is 17.1 Å². The number of halogens is 1. The van der Waals surface area contributed by atoms with Crippen molar-refractivity contribution in [2.75, 3.05) is 6.61 Å². The highest BCUT2D eigenvalue weighted by molar-refractivity contribution is 9.10. The number of nitrogens with zero attached hydrogens (tertiary/aromatic N) is 1. The number of hydrogen-bond acceptors (Lipinski definition) is 3. The van der Waals surface area contributed by atoms with Crippen molar-refractivity contribution in [3.05, 3.63) is 22.3 Å². The molecular formula is C15H23BrN2O. The molecular weight excluding hydrogens is 304 g/mol. The molecule has 0 aromatic carbocycles. The topological polar surface area (TPSA) is 34.2 Å². The second-order valence-electron chi connectivity index (χ2n) is 6.30. The molecule has 1 heterocycles. The molecule has 4 heteroatoms. The van der Waals surface area contributed by atoms with Gasteiger partial charge in [0.05, 0.1) is 6.61 Å². The summed E-state index contributed by atoms with van der Waals surface area (Å²) >= 11 is 3.47. The van der Waals surface area contributed by atoms with Gasteiger partial charge in [0, 0.05) is 28.3 Å². The molecule has 0 bridgehead atoms. The maximum atomic E-state index is 5.84. The average Bonchev–Trinajstić information content (AvgIpc) is 3.12. The second-order valence-corrected chi connectivity index (χ2v) is 7.22. The highest BCUT2D eigenvalue weighted by Gasteiger charge is 2.21. The zero-order valence-electron chi connectivity index (χ0n) is 12.0. The van der Waals surface area contributed by atoms with Crippen molar-refractivity contribution in [1.82, 2.24) is 10.3 Å². The molecule has 0 spiro atoms. The summed E-state index contributed by atoms with van der Waals surface area (Å²) in [5, 5.41) is 3.48. The average molecular weight is 327 g/mol.